The summed E-state index contributed by atoms with van der Waals surface area (Å²) in [6.07, 6.45) is 1.24. The molecular weight excluding hydrogens is 237 g/mol. The highest BCUT2D eigenvalue weighted by atomic mass is 19.1. The Balaban J connectivity index is 1.93. The van der Waals surface area contributed by atoms with Gasteiger partial charge in [-0.25, -0.2) is 4.39 Å². The topological polar surface area (TPSA) is 60.8 Å². The van der Waals surface area contributed by atoms with Crippen molar-refractivity contribution in [2.45, 2.75) is 19.4 Å². The van der Waals surface area contributed by atoms with Crippen LogP contribution in [-0.4, -0.2) is 34.2 Å². The highest BCUT2D eigenvalue weighted by molar-refractivity contribution is 5.70. The Morgan fingerprint density at radius 3 is 2.56 bits per heavy atom. The first-order valence-electron chi connectivity index (χ1n) is 5.98. The first kappa shape index (κ1) is 12.8. The highest BCUT2D eigenvalue weighted by Gasteiger charge is 2.24. The van der Waals surface area contributed by atoms with E-state index in [2.05, 4.69) is 4.90 Å². The minimum absolute atomic E-state index is 0.0783. The van der Waals surface area contributed by atoms with E-state index in [-0.39, 0.29) is 11.7 Å². The summed E-state index contributed by atoms with van der Waals surface area (Å²) in [7, 11) is 0. The monoisotopic (exact) mass is 253 g/mol. The molecule has 0 radical (unpaired) electrons. The molecule has 18 heavy (non-hydrogen) atoms. The van der Waals surface area contributed by atoms with Gasteiger partial charge in [0, 0.05) is 12.6 Å². The number of phenolic OH excluding ortho intramolecular Hbond substituents is 1. The van der Waals surface area contributed by atoms with Crippen LogP contribution in [0.2, 0.25) is 0 Å². The molecule has 0 unspecified atom stereocenters. The molecule has 1 aromatic rings. The summed E-state index contributed by atoms with van der Waals surface area (Å²) in [5.41, 5.74) is 0.710. The van der Waals surface area contributed by atoms with Gasteiger partial charge in [0.15, 0.2) is 0 Å². The molecule has 98 valence electrons. The summed E-state index contributed by atoms with van der Waals surface area (Å²) in [6.45, 7) is 1.92. The van der Waals surface area contributed by atoms with Gasteiger partial charge in [-0.15, -0.1) is 0 Å². The predicted octanol–water partition coefficient (Wildman–Crippen LogP) is 1.83. The van der Waals surface area contributed by atoms with E-state index in [1.165, 1.54) is 12.1 Å². The SMILES string of the molecule is O=C(O)C1CCN(Cc2cc(O)cc(F)c2)CC1. The van der Waals surface area contributed by atoms with Gasteiger partial charge >= 0.3 is 5.97 Å². The molecule has 0 amide bonds. The van der Waals surface area contributed by atoms with Gasteiger partial charge in [-0.2, -0.15) is 0 Å². The van der Waals surface area contributed by atoms with Crippen molar-refractivity contribution in [2.24, 2.45) is 5.92 Å². The third-order valence-corrected chi connectivity index (χ3v) is 3.29. The third kappa shape index (κ3) is 3.20. The van der Waals surface area contributed by atoms with Crippen LogP contribution in [0.15, 0.2) is 18.2 Å². The predicted molar refractivity (Wildman–Crippen MR) is 63.7 cm³/mol. The number of halogens is 1. The van der Waals surface area contributed by atoms with Crippen molar-refractivity contribution in [1.82, 2.24) is 4.90 Å². The summed E-state index contributed by atoms with van der Waals surface area (Å²) >= 11 is 0. The summed E-state index contributed by atoms with van der Waals surface area (Å²) in [5.74, 6) is -1.53. The number of carboxylic acid groups (broad SMARTS) is 1. The fourth-order valence-corrected chi connectivity index (χ4v) is 2.32. The van der Waals surface area contributed by atoms with E-state index in [1.54, 1.807) is 0 Å². The Bertz CT molecular complexity index is 422. The fraction of sp³-hybridized carbons (Fsp3) is 0.462. The van der Waals surface area contributed by atoms with E-state index in [1.807, 2.05) is 0 Å². The van der Waals surface area contributed by atoms with Crippen LogP contribution in [-0.2, 0) is 11.3 Å². The Morgan fingerprint density at radius 1 is 1.33 bits per heavy atom. The van der Waals surface area contributed by atoms with Gasteiger partial charge in [0.1, 0.15) is 11.6 Å². The van der Waals surface area contributed by atoms with Crippen LogP contribution in [0.25, 0.3) is 0 Å². The molecule has 0 aliphatic carbocycles. The number of hydrogen-bond donors (Lipinski definition) is 2. The van der Waals surface area contributed by atoms with Gasteiger partial charge < -0.3 is 10.2 Å². The maximum Gasteiger partial charge on any atom is 0.306 e. The summed E-state index contributed by atoms with van der Waals surface area (Å²) in [4.78, 5) is 12.9. The zero-order chi connectivity index (χ0) is 13.1. The van der Waals surface area contributed by atoms with Crippen molar-refractivity contribution >= 4 is 5.97 Å². The zero-order valence-electron chi connectivity index (χ0n) is 9.97. The molecule has 0 spiro atoms. The Morgan fingerprint density at radius 2 is 2.00 bits per heavy atom. The molecule has 1 aromatic carbocycles. The van der Waals surface area contributed by atoms with Crippen LogP contribution in [0.4, 0.5) is 4.39 Å². The van der Waals surface area contributed by atoms with Crippen molar-refractivity contribution in [2.75, 3.05) is 13.1 Å². The van der Waals surface area contributed by atoms with E-state index in [4.69, 9.17) is 5.11 Å². The van der Waals surface area contributed by atoms with E-state index < -0.39 is 11.8 Å². The van der Waals surface area contributed by atoms with Crippen molar-refractivity contribution in [3.8, 4) is 5.75 Å². The Kier molecular flexibility index (Phi) is 3.81. The number of benzene rings is 1. The first-order chi connectivity index (χ1) is 8.54. The van der Waals surface area contributed by atoms with Gasteiger partial charge in [0.2, 0.25) is 0 Å². The van der Waals surface area contributed by atoms with Crippen molar-refractivity contribution in [1.29, 1.82) is 0 Å². The van der Waals surface area contributed by atoms with Crippen LogP contribution in [0.5, 0.6) is 5.75 Å². The van der Waals surface area contributed by atoms with Gasteiger partial charge in [0.05, 0.1) is 5.92 Å². The zero-order valence-corrected chi connectivity index (χ0v) is 9.97. The van der Waals surface area contributed by atoms with Crippen LogP contribution in [0, 0.1) is 11.7 Å². The number of phenols is 1. The standard InChI is InChI=1S/C13H16FNO3/c14-11-5-9(6-12(16)7-11)8-15-3-1-10(2-4-15)13(17)18/h5-7,10,16H,1-4,8H2,(H,17,18). The molecule has 5 heteroatoms. The number of carbonyl (C=O) groups is 1. The summed E-state index contributed by atoms with van der Waals surface area (Å²) < 4.78 is 13.1. The second-order valence-corrected chi connectivity index (χ2v) is 4.71. The minimum Gasteiger partial charge on any atom is -0.508 e. The Hall–Kier alpha value is -1.62. The van der Waals surface area contributed by atoms with E-state index >= 15 is 0 Å². The normalized spacial score (nSPS) is 17.8. The molecular formula is C13H16FNO3. The lowest BCUT2D eigenvalue weighted by Crippen LogP contribution is -2.35. The second-order valence-electron chi connectivity index (χ2n) is 4.71. The van der Waals surface area contributed by atoms with Gasteiger partial charge in [-0.1, -0.05) is 0 Å². The minimum atomic E-state index is -0.738. The number of aliphatic carboxylic acids is 1. The maximum atomic E-state index is 13.1. The van der Waals surface area contributed by atoms with Crippen LogP contribution in [0.1, 0.15) is 18.4 Å². The Labute approximate surface area is 105 Å². The lowest BCUT2D eigenvalue weighted by Gasteiger charge is -2.30. The van der Waals surface area contributed by atoms with Gasteiger partial charge in [0.25, 0.3) is 0 Å². The van der Waals surface area contributed by atoms with Gasteiger partial charge in [-0.05, 0) is 43.6 Å². The lowest BCUT2D eigenvalue weighted by atomic mass is 9.97. The lowest BCUT2D eigenvalue weighted by molar-refractivity contribution is -0.143. The average molecular weight is 253 g/mol. The number of hydrogen-bond acceptors (Lipinski definition) is 3. The molecule has 2 N–H and O–H groups in total. The molecule has 1 aliphatic rings. The summed E-state index contributed by atoms with van der Waals surface area (Å²) in [6, 6.07) is 4.00. The fourth-order valence-electron chi connectivity index (χ4n) is 2.32. The molecule has 0 saturated carbocycles. The average Bonchev–Trinajstić information content (AvgIpc) is 2.28. The van der Waals surface area contributed by atoms with Crippen molar-refractivity contribution in [3.63, 3.8) is 0 Å². The van der Waals surface area contributed by atoms with Crippen LogP contribution in [0.3, 0.4) is 0 Å². The quantitative estimate of drug-likeness (QED) is 0.862. The molecule has 0 bridgehead atoms. The number of piperidine rings is 1. The number of carboxylic acids is 1. The van der Waals surface area contributed by atoms with E-state index in [9.17, 15) is 14.3 Å². The molecule has 0 aromatic heterocycles. The maximum absolute atomic E-state index is 13.1. The summed E-state index contributed by atoms with van der Waals surface area (Å²) in [5, 5.41) is 18.2. The molecule has 1 aliphatic heterocycles. The third-order valence-electron chi connectivity index (χ3n) is 3.29. The van der Waals surface area contributed by atoms with Crippen LogP contribution < -0.4 is 0 Å². The smallest absolute Gasteiger partial charge is 0.306 e. The van der Waals surface area contributed by atoms with Gasteiger partial charge in [-0.3, -0.25) is 9.69 Å². The molecule has 4 nitrogen and oxygen atoms in total. The molecule has 1 fully saturated rings. The van der Waals surface area contributed by atoms with Crippen molar-refractivity contribution < 1.29 is 19.4 Å². The second kappa shape index (κ2) is 5.35. The first-order valence-corrected chi connectivity index (χ1v) is 5.98. The number of aromatic hydroxyl groups is 1. The molecule has 1 heterocycles. The highest BCUT2D eigenvalue weighted by Crippen LogP contribution is 2.21. The number of likely N-dealkylation sites (tertiary alicyclic amines) is 1. The largest absolute Gasteiger partial charge is 0.508 e. The van der Waals surface area contributed by atoms with E-state index in [0.717, 1.165) is 6.07 Å². The molecule has 2 rings (SSSR count). The molecule has 0 atom stereocenters. The van der Waals surface area contributed by atoms with Crippen molar-refractivity contribution in [3.05, 3.63) is 29.6 Å². The van der Waals surface area contributed by atoms with E-state index in [0.29, 0.717) is 38.0 Å². The molecule has 1 saturated heterocycles. The van der Waals surface area contributed by atoms with Crippen LogP contribution >= 0.6 is 0 Å². The number of nitrogens with zero attached hydrogens (tertiary/aromatic N) is 1. The number of rotatable bonds is 3.